The Balaban J connectivity index is 2.38. The molecule has 0 radical (unpaired) electrons. The molecule has 1 unspecified atom stereocenters. The maximum absolute atomic E-state index is 13.3. The quantitative estimate of drug-likeness (QED) is 0.413. The van der Waals surface area contributed by atoms with Crippen molar-refractivity contribution in [1.82, 2.24) is 0 Å². The molecule has 0 bridgehead atoms. The largest absolute Gasteiger partial charge is 0.508 e. The number of furan rings is 1. The summed E-state index contributed by atoms with van der Waals surface area (Å²) < 4.78 is 42.2. The molecule has 0 saturated carbocycles. The van der Waals surface area contributed by atoms with Crippen molar-refractivity contribution < 1.29 is 32.2 Å². The molecule has 2 aromatic carbocycles. The summed E-state index contributed by atoms with van der Waals surface area (Å²) in [6, 6.07) is 10.8. The lowest BCUT2D eigenvalue weighted by molar-refractivity contribution is 0.0596. The van der Waals surface area contributed by atoms with Crippen LogP contribution in [0.5, 0.6) is 11.5 Å². The Morgan fingerprint density at radius 2 is 2.00 bits per heavy atom. The van der Waals surface area contributed by atoms with Crippen molar-refractivity contribution in [2.24, 2.45) is 0 Å². The zero-order valence-electron chi connectivity index (χ0n) is 17.1. The van der Waals surface area contributed by atoms with Crippen LogP contribution in [-0.4, -0.2) is 39.5 Å². The number of methoxy groups -OCH3 is 2. The average molecular weight is 442 g/mol. The summed E-state index contributed by atoms with van der Waals surface area (Å²) in [6.45, 7) is 3.53. The summed E-state index contributed by atoms with van der Waals surface area (Å²) in [5.41, 5.74) is 1.63. The highest BCUT2D eigenvalue weighted by Gasteiger charge is 2.35. The Kier molecular flexibility index (Phi) is 6.50. The van der Waals surface area contributed by atoms with Crippen molar-refractivity contribution >= 4 is 15.8 Å². The van der Waals surface area contributed by atoms with E-state index >= 15 is 0 Å². The summed E-state index contributed by atoms with van der Waals surface area (Å²) >= 11 is 0. The predicted octanol–water partition coefficient (Wildman–Crippen LogP) is 4.14. The molecule has 8 heteroatoms. The second-order valence-electron chi connectivity index (χ2n) is 6.71. The number of phenolic OH excluding ortho intramolecular Hbond substituents is 1. The van der Waals surface area contributed by atoms with Gasteiger partial charge in [0.05, 0.1) is 32.5 Å². The van der Waals surface area contributed by atoms with Gasteiger partial charge in [-0.3, -0.25) is 0 Å². The van der Waals surface area contributed by atoms with E-state index in [9.17, 15) is 18.3 Å². The number of carbonyl (C=O) groups is 1. The van der Waals surface area contributed by atoms with E-state index in [1.807, 2.05) is 0 Å². The molecule has 31 heavy (non-hydrogen) atoms. The molecule has 0 fully saturated rings. The smallest absolute Gasteiger partial charge is 0.342 e. The van der Waals surface area contributed by atoms with Crippen molar-refractivity contribution in [3.63, 3.8) is 0 Å². The van der Waals surface area contributed by atoms with Crippen molar-refractivity contribution in [3.05, 3.63) is 84.3 Å². The molecule has 0 amide bonds. The fourth-order valence-electron chi connectivity index (χ4n) is 3.51. The standard InChI is InChI=1S/C23H22O7S/c1-4-12-31(26,27)22(15-6-5-7-17(24)13-15)19-9-8-18(16-10-11-30-14-16)21(28-2)20(19)23(25)29-3/h4-11,13-14,22,24H,1,12H2,2-3H3. The van der Waals surface area contributed by atoms with Crippen LogP contribution in [0.25, 0.3) is 11.1 Å². The van der Waals surface area contributed by atoms with Gasteiger partial charge in [0.1, 0.15) is 22.3 Å². The maximum atomic E-state index is 13.3. The lowest BCUT2D eigenvalue weighted by Gasteiger charge is -2.23. The normalized spacial score (nSPS) is 12.2. The predicted molar refractivity (Wildman–Crippen MR) is 116 cm³/mol. The average Bonchev–Trinajstić information content (AvgIpc) is 3.27. The Hall–Kier alpha value is -3.52. The van der Waals surface area contributed by atoms with Gasteiger partial charge >= 0.3 is 5.97 Å². The summed E-state index contributed by atoms with van der Waals surface area (Å²) in [4.78, 5) is 12.8. The first-order valence-corrected chi connectivity index (χ1v) is 11.0. The van der Waals surface area contributed by atoms with Gasteiger partial charge in [0, 0.05) is 11.1 Å². The number of hydrogen-bond acceptors (Lipinski definition) is 7. The van der Waals surface area contributed by atoms with Gasteiger partial charge in [0.25, 0.3) is 0 Å². The monoisotopic (exact) mass is 442 g/mol. The summed E-state index contributed by atoms with van der Waals surface area (Å²) in [5, 5.41) is 8.69. The molecule has 1 aromatic heterocycles. The molecular weight excluding hydrogens is 420 g/mol. The molecule has 1 N–H and O–H groups in total. The Morgan fingerprint density at radius 1 is 1.23 bits per heavy atom. The number of aromatic hydroxyl groups is 1. The number of esters is 1. The van der Waals surface area contributed by atoms with Crippen LogP contribution in [0.1, 0.15) is 26.7 Å². The highest BCUT2D eigenvalue weighted by atomic mass is 32.2. The van der Waals surface area contributed by atoms with Crippen molar-refractivity contribution in [2.75, 3.05) is 20.0 Å². The zero-order chi connectivity index (χ0) is 22.6. The van der Waals surface area contributed by atoms with Crippen LogP contribution in [0.4, 0.5) is 0 Å². The van der Waals surface area contributed by atoms with Gasteiger partial charge in [0.15, 0.2) is 9.84 Å². The van der Waals surface area contributed by atoms with Crippen LogP contribution >= 0.6 is 0 Å². The summed E-state index contributed by atoms with van der Waals surface area (Å²) in [5.74, 6) is -1.03. The van der Waals surface area contributed by atoms with Crippen LogP contribution in [-0.2, 0) is 14.6 Å². The van der Waals surface area contributed by atoms with E-state index in [0.29, 0.717) is 16.7 Å². The molecule has 162 valence electrons. The molecule has 7 nitrogen and oxygen atoms in total. The first-order valence-electron chi connectivity index (χ1n) is 9.27. The molecule has 1 atom stereocenters. The third kappa shape index (κ3) is 4.34. The van der Waals surface area contributed by atoms with Crippen LogP contribution < -0.4 is 4.74 Å². The number of hydrogen-bond donors (Lipinski definition) is 1. The van der Waals surface area contributed by atoms with Crippen LogP contribution in [0.2, 0.25) is 0 Å². The fraction of sp³-hybridized carbons (Fsp3) is 0.174. The molecule has 0 aliphatic rings. The van der Waals surface area contributed by atoms with Gasteiger partial charge < -0.3 is 19.0 Å². The van der Waals surface area contributed by atoms with Crippen molar-refractivity contribution in [3.8, 4) is 22.6 Å². The molecule has 1 heterocycles. The zero-order valence-corrected chi connectivity index (χ0v) is 17.9. The number of rotatable bonds is 8. The molecule has 0 spiro atoms. The fourth-order valence-corrected chi connectivity index (χ4v) is 5.18. The van der Waals surface area contributed by atoms with Crippen LogP contribution in [0.3, 0.4) is 0 Å². The van der Waals surface area contributed by atoms with E-state index in [1.54, 1.807) is 24.3 Å². The molecule has 3 aromatic rings. The van der Waals surface area contributed by atoms with E-state index in [2.05, 4.69) is 6.58 Å². The van der Waals surface area contributed by atoms with E-state index in [1.165, 1.54) is 51.0 Å². The van der Waals surface area contributed by atoms with E-state index < -0.39 is 21.1 Å². The second-order valence-corrected chi connectivity index (χ2v) is 8.84. The number of benzene rings is 2. The number of sulfone groups is 1. The third-order valence-corrected chi connectivity index (χ3v) is 6.73. The topological polar surface area (TPSA) is 103 Å². The Labute approximate surface area is 180 Å². The summed E-state index contributed by atoms with van der Waals surface area (Å²) in [7, 11) is -1.27. The highest BCUT2D eigenvalue weighted by molar-refractivity contribution is 7.92. The van der Waals surface area contributed by atoms with Crippen molar-refractivity contribution in [1.29, 1.82) is 0 Å². The highest BCUT2D eigenvalue weighted by Crippen LogP contribution is 2.42. The first-order chi connectivity index (χ1) is 14.8. The molecule has 0 aliphatic heterocycles. The van der Waals surface area contributed by atoms with Gasteiger partial charge in [-0.1, -0.05) is 30.3 Å². The first kappa shape index (κ1) is 22.2. The molecule has 3 rings (SSSR count). The summed E-state index contributed by atoms with van der Waals surface area (Å²) in [6.07, 6.45) is 4.24. The second kappa shape index (κ2) is 9.09. The lowest BCUT2D eigenvalue weighted by Crippen LogP contribution is -2.21. The minimum absolute atomic E-state index is 0.0234. The minimum Gasteiger partial charge on any atom is -0.508 e. The Morgan fingerprint density at radius 3 is 2.58 bits per heavy atom. The van der Waals surface area contributed by atoms with E-state index in [-0.39, 0.29) is 28.4 Å². The SMILES string of the molecule is C=CCS(=O)(=O)C(c1cccc(O)c1)c1ccc(-c2ccoc2)c(OC)c1C(=O)OC. The van der Waals surface area contributed by atoms with Gasteiger partial charge in [-0.05, 0) is 29.3 Å². The minimum atomic E-state index is -3.86. The van der Waals surface area contributed by atoms with E-state index in [4.69, 9.17) is 13.9 Å². The number of ether oxygens (including phenoxy) is 2. The van der Waals surface area contributed by atoms with Gasteiger partial charge in [-0.15, -0.1) is 6.58 Å². The van der Waals surface area contributed by atoms with Gasteiger partial charge in [-0.25, -0.2) is 13.2 Å². The third-order valence-electron chi connectivity index (χ3n) is 4.78. The van der Waals surface area contributed by atoms with E-state index in [0.717, 1.165) is 0 Å². The lowest BCUT2D eigenvalue weighted by atomic mass is 9.94. The van der Waals surface area contributed by atoms with Crippen molar-refractivity contribution in [2.45, 2.75) is 5.25 Å². The van der Waals surface area contributed by atoms with Gasteiger partial charge in [-0.2, -0.15) is 0 Å². The molecule has 0 saturated heterocycles. The molecular formula is C23H22O7S. The Bertz CT molecular complexity index is 1190. The molecule has 0 aliphatic carbocycles. The number of phenols is 1. The van der Waals surface area contributed by atoms with Crippen LogP contribution in [0.15, 0.2) is 72.1 Å². The number of carbonyl (C=O) groups excluding carboxylic acids is 1. The van der Waals surface area contributed by atoms with Crippen LogP contribution in [0, 0.1) is 0 Å². The maximum Gasteiger partial charge on any atom is 0.342 e. The van der Waals surface area contributed by atoms with Gasteiger partial charge in [0.2, 0.25) is 0 Å².